The number of fused-ring (bicyclic) bond motifs is 1. The van der Waals surface area contributed by atoms with E-state index in [9.17, 15) is 20.1 Å². The van der Waals surface area contributed by atoms with Gasteiger partial charge in [0.25, 0.3) is 0 Å². The molecule has 7 aliphatic rings. The number of furan rings is 1. The van der Waals surface area contributed by atoms with Gasteiger partial charge in [0.15, 0.2) is 5.76 Å². The summed E-state index contributed by atoms with van der Waals surface area (Å²) in [6, 6.07) is 11.1. The van der Waals surface area contributed by atoms with Crippen LogP contribution in [0.25, 0.3) is 0 Å². The number of hydrogen-bond donors (Lipinski definition) is 3. The molecule has 2 aromatic rings. The predicted octanol–water partition coefficient (Wildman–Crippen LogP) is 5.58. The Morgan fingerprint density at radius 1 is 0.932 bits per heavy atom. The normalized spacial score (nSPS) is 42.9. The first-order valence-electron chi connectivity index (χ1n) is 16.7. The summed E-state index contributed by atoms with van der Waals surface area (Å²) in [7, 11) is 0. The summed E-state index contributed by atoms with van der Waals surface area (Å²) in [5, 5.41) is 34.0. The fourth-order valence-electron chi connectivity index (χ4n) is 11.4. The summed E-state index contributed by atoms with van der Waals surface area (Å²) < 4.78 is 5.70. The van der Waals surface area contributed by atoms with E-state index in [-0.39, 0.29) is 40.0 Å². The zero-order valence-electron chi connectivity index (χ0n) is 26.0. The molecule has 3 N–H and O–H groups in total. The first-order chi connectivity index (χ1) is 21.1. The number of aliphatic hydroxyl groups excluding tert-OH is 1. The fraction of sp³-hybridized carbons (Fsp3) is 0.595. The Labute approximate surface area is 260 Å². The Hall–Kier alpha value is -2.87. The molecule has 2 bridgehead atoms. The second-order valence-electron chi connectivity index (χ2n) is 15.4. The number of aliphatic hydroxyl groups is 2. The van der Waals surface area contributed by atoms with Gasteiger partial charge < -0.3 is 24.6 Å². The zero-order chi connectivity index (χ0) is 30.5. The first-order valence-corrected chi connectivity index (χ1v) is 16.7. The van der Waals surface area contributed by atoms with Gasteiger partial charge >= 0.3 is 0 Å². The second kappa shape index (κ2) is 9.57. The molecule has 1 aliphatic heterocycles. The van der Waals surface area contributed by atoms with Crippen molar-refractivity contribution >= 4 is 11.5 Å². The van der Waals surface area contributed by atoms with Gasteiger partial charge in [0, 0.05) is 54.5 Å². The van der Waals surface area contributed by atoms with Crippen molar-refractivity contribution in [3.8, 4) is 5.75 Å². The van der Waals surface area contributed by atoms with Crippen molar-refractivity contribution in [2.24, 2.45) is 33.5 Å². The molecule has 2 heterocycles. The molecular formula is C37H46N2O5. The van der Waals surface area contributed by atoms with Crippen molar-refractivity contribution in [3.63, 3.8) is 0 Å². The van der Waals surface area contributed by atoms with Crippen LogP contribution in [0.4, 0.5) is 5.69 Å². The highest BCUT2D eigenvalue weighted by molar-refractivity contribution is 6.08. The van der Waals surface area contributed by atoms with Gasteiger partial charge in [-0.1, -0.05) is 44.2 Å². The molecule has 1 aromatic carbocycles. The van der Waals surface area contributed by atoms with Crippen molar-refractivity contribution in [2.45, 2.75) is 70.5 Å². The SMILES string of the molecule is CC12CCC(O)CC13C=CC1(C(C(=O)c4ccco4)=C3)C2CCC2(C)C1CCC2(O)CN1CCN(c2ccccc2O)CC1. The topological polar surface area (TPSA) is 97.4 Å². The molecule has 9 rings (SSSR count). The van der Waals surface area contributed by atoms with Crippen LogP contribution in [0.5, 0.6) is 5.75 Å². The molecule has 234 valence electrons. The average Bonchev–Trinajstić information content (AvgIpc) is 3.64. The van der Waals surface area contributed by atoms with Gasteiger partial charge in [0.2, 0.25) is 5.78 Å². The van der Waals surface area contributed by atoms with Crippen LogP contribution in [0.15, 0.2) is 70.9 Å². The maximum Gasteiger partial charge on any atom is 0.224 e. The summed E-state index contributed by atoms with van der Waals surface area (Å²) in [6.45, 7) is 8.61. The fourth-order valence-corrected chi connectivity index (χ4v) is 11.4. The lowest BCUT2D eigenvalue weighted by Crippen LogP contribution is -2.67. The van der Waals surface area contributed by atoms with Crippen LogP contribution in [-0.2, 0) is 0 Å². The Balaban J connectivity index is 1.13. The Morgan fingerprint density at radius 3 is 2.41 bits per heavy atom. The number of para-hydroxylation sites is 2. The van der Waals surface area contributed by atoms with E-state index in [0.717, 1.165) is 76.0 Å². The summed E-state index contributed by atoms with van der Waals surface area (Å²) >= 11 is 0. The molecule has 0 amide bonds. The van der Waals surface area contributed by atoms with Crippen LogP contribution >= 0.6 is 0 Å². The van der Waals surface area contributed by atoms with E-state index in [2.05, 4.69) is 41.9 Å². The molecule has 2 spiro atoms. The highest BCUT2D eigenvalue weighted by Crippen LogP contribution is 2.78. The maximum absolute atomic E-state index is 14.3. The lowest BCUT2D eigenvalue weighted by molar-refractivity contribution is -0.176. The van der Waals surface area contributed by atoms with Crippen molar-refractivity contribution in [1.29, 1.82) is 0 Å². The minimum Gasteiger partial charge on any atom is -0.506 e. The second-order valence-corrected chi connectivity index (χ2v) is 15.4. The third-order valence-electron chi connectivity index (χ3n) is 13.8. The Bertz CT molecular complexity index is 1530. The van der Waals surface area contributed by atoms with Crippen LogP contribution in [0.1, 0.15) is 69.3 Å². The number of ketones is 1. The van der Waals surface area contributed by atoms with Gasteiger partial charge in [-0.05, 0) is 86.5 Å². The number of benzene rings is 1. The molecule has 0 radical (unpaired) electrons. The molecule has 7 heteroatoms. The molecule has 6 aliphatic carbocycles. The molecule has 8 atom stereocenters. The molecule has 1 aromatic heterocycles. The van der Waals surface area contributed by atoms with E-state index >= 15 is 0 Å². The van der Waals surface area contributed by atoms with E-state index in [4.69, 9.17) is 4.42 Å². The van der Waals surface area contributed by atoms with Gasteiger partial charge in [-0.15, -0.1) is 0 Å². The molecule has 7 nitrogen and oxygen atoms in total. The third-order valence-corrected chi connectivity index (χ3v) is 13.8. The van der Waals surface area contributed by atoms with Gasteiger partial charge in [-0.2, -0.15) is 0 Å². The maximum atomic E-state index is 14.3. The Kier molecular flexibility index (Phi) is 6.22. The number of phenolic OH excluding ortho intramolecular Hbond substituents is 1. The summed E-state index contributed by atoms with van der Waals surface area (Å²) in [6.07, 6.45) is 14.1. The number of rotatable bonds is 5. The van der Waals surface area contributed by atoms with Crippen molar-refractivity contribution in [2.75, 3.05) is 37.6 Å². The van der Waals surface area contributed by atoms with Gasteiger partial charge in [-0.3, -0.25) is 9.69 Å². The van der Waals surface area contributed by atoms with E-state index < -0.39 is 11.0 Å². The average molecular weight is 599 g/mol. The number of hydrogen-bond acceptors (Lipinski definition) is 7. The van der Waals surface area contributed by atoms with Crippen LogP contribution in [0.2, 0.25) is 0 Å². The highest BCUT2D eigenvalue weighted by atomic mass is 16.3. The molecule has 4 fully saturated rings. The first kappa shape index (κ1) is 28.6. The van der Waals surface area contributed by atoms with Crippen LogP contribution in [-0.4, -0.2) is 70.4 Å². The molecular weight excluding hydrogens is 552 g/mol. The minimum absolute atomic E-state index is 0.0363. The number of piperazine rings is 1. The standard InChI is InChI=1S/C37H46N2O5/c1-33-12-9-25(40)22-35(33)15-16-37(26(23-35)32(42)29-8-5-21-44-29)30(33)10-13-34(2)31(37)11-14-36(34,43)24-38-17-19-39(20-18-38)27-6-3-4-7-28(27)41/h3-8,15-16,21,23,25,30-31,40-41,43H,9-14,17-20,22,24H2,1-2H3. The Morgan fingerprint density at radius 2 is 1.66 bits per heavy atom. The molecule has 8 unspecified atom stereocenters. The van der Waals surface area contributed by atoms with Crippen molar-refractivity contribution in [3.05, 3.63) is 72.2 Å². The van der Waals surface area contributed by atoms with E-state index in [0.29, 0.717) is 24.5 Å². The number of carbonyl (C=O) groups excluding carboxylic acids is 1. The number of anilines is 1. The number of carbonyl (C=O) groups is 1. The van der Waals surface area contributed by atoms with Crippen LogP contribution in [0, 0.1) is 33.5 Å². The summed E-state index contributed by atoms with van der Waals surface area (Å²) in [4.78, 5) is 19.0. The van der Waals surface area contributed by atoms with Crippen molar-refractivity contribution < 1.29 is 24.5 Å². The van der Waals surface area contributed by atoms with E-state index in [1.807, 2.05) is 18.2 Å². The number of nitrogens with zero attached hydrogens (tertiary/aromatic N) is 2. The molecule has 44 heavy (non-hydrogen) atoms. The van der Waals surface area contributed by atoms with E-state index in [1.165, 1.54) is 0 Å². The molecule has 1 saturated heterocycles. The van der Waals surface area contributed by atoms with Gasteiger partial charge in [0.05, 0.1) is 23.7 Å². The number of allylic oxidation sites excluding steroid dienone is 4. The number of aromatic hydroxyl groups is 1. The molecule has 3 saturated carbocycles. The number of β-amino-alcohol motifs (C(OH)–C–C–N with tert-alkyl or cyclic N) is 1. The zero-order valence-corrected chi connectivity index (χ0v) is 26.0. The lowest BCUT2D eigenvalue weighted by atomic mass is 9.32. The predicted molar refractivity (Wildman–Crippen MR) is 168 cm³/mol. The third kappa shape index (κ3) is 3.63. The number of Topliss-reactive ketones (excluding diaryl/α,β-unsaturated/α-hetero) is 1. The van der Waals surface area contributed by atoms with Crippen LogP contribution < -0.4 is 4.90 Å². The largest absolute Gasteiger partial charge is 0.506 e. The quantitative estimate of drug-likeness (QED) is 0.305. The van der Waals surface area contributed by atoms with Gasteiger partial charge in [0.1, 0.15) is 5.75 Å². The smallest absolute Gasteiger partial charge is 0.224 e. The van der Waals surface area contributed by atoms with Crippen molar-refractivity contribution in [1.82, 2.24) is 4.90 Å². The highest BCUT2D eigenvalue weighted by Gasteiger charge is 2.74. The lowest BCUT2D eigenvalue weighted by Gasteiger charge is -2.71. The summed E-state index contributed by atoms with van der Waals surface area (Å²) in [5.74, 6) is 1.06. The monoisotopic (exact) mass is 598 g/mol. The van der Waals surface area contributed by atoms with E-state index in [1.54, 1.807) is 24.5 Å². The van der Waals surface area contributed by atoms with Crippen LogP contribution in [0.3, 0.4) is 0 Å². The number of phenols is 1. The summed E-state index contributed by atoms with van der Waals surface area (Å²) in [5.41, 5.74) is -0.367. The van der Waals surface area contributed by atoms with Gasteiger partial charge in [-0.25, -0.2) is 0 Å². The minimum atomic E-state index is -0.864.